The summed E-state index contributed by atoms with van der Waals surface area (Å²) < 4.78 is 15.1. The van der Waals surface area contributed by atoms with Gasteiger partial charge in [-0.15, -0.1) is 0 Å². The Morgan fingerprint density at radius 2 is 1.85 bits per heavy atom. The normalized spacial score (nSPS) is 16.8. The summed E-state index contributed by atoms with van der Waals surface area (Å²) in [6.07, 6.45) is 1.13. The fourth-order valence-electron chi connectivity index (χ4n) is 5.53. The van der Waals surface area contributed by atoms with Crippen LogP contribution < -0.4 is 4.74 Å². The van der Waals surface area contributed by atoms with Crippen molar-refractivity contribution < 1.29 is 14.6 Å². The first-order valence-corrected chi connectivity index (χ1v) is 13.8. The second-order valence-corrected chi connectivity index (χ2v) is 11.2. The quantitative estimate of drug-likeness (QED) is 0.228. The number of aryl methyl sites for hydroxylation is 2. The predicted molar refractivity (Wildman–Crippen MR) is 157 cm³/mol. The summed E-state index contributed by atoms with van der Waals surface area (Å²) in [5.41, 5.74) is 8.46. The van der Waals surface area contributed by atoms with Crippen LogP contribution in [0.1, 0.15) is 29.2 Å². The van der Waals surface area contributed by atoms with E-state index >= 15 is 0 Å². The van der Waals surface area contributed by atoms with Gasteiger partial charge < -0.3 is 14.6 Å². The van der Waals surface area contributed by atoms with Crippen molar-refractivity contribution in [1.82, 2.24) is 14.8 Å². The molecule has 0 bridgehead atoms. The van der Waals surface area contributed by atoms with Gasteiger partial charge in [-0.2, -0.15) is 5.10 Å². The number of ether oxygens (including phenoxy) is 2. The van der Waals surface area contributed by atoms with E-state index in [0.717, 1.165) is 48.9 Å². The highest BCUT2D eigenvalue weighted by atomic mass is 79.9. The maximum Gasteiger partial charge on any atom is 0.220 e. The lowest BCUT2D eigenvalue weighted by molar-refractivity contribution is -0.0535. The van der Waals surface area contributed by atoms with Crippen LogP contribution >= 0.6 is 15.9 Å². The van der Waals surface area contributed by atoms with Gasteiger partial charge in [0.15, 0.2) is 0 Å². The number of halogens is 1. The van der Waals surface area contributed by atoms with Crippen molar-refractivity contribution in [2.24, 2.45) is 0 Å². The Hall–Kier alpha value is -3.52. The Morgan fingerprint density at radius 3 is 2.64 bits per heavy atom. The van der Waals surface area contributed by atoms with Crippen LogP contribution in [-0.2, 0) is 16.9 Å². The number of hydrogen-bond acceptors (Lipinski definition) is 5. The standard InChI is InChI=1S/C32H30BrN3O3/c1-19-9-10-21(15-20(19)2)27-13-14-36(35-27)17-23(37)18-39-32(3)26-8-6-5-7-24(26)29-25-16-22(33)11-12-28(25)34-31(38-4)30(29)32/h5-16,23,37H,17-18H2,1-4H3. The number of hydrogen-bond donors (Lipinski definition) is 1. The molecule has 5 aromatic rings. The average Bonchev–Trinajstić information content (AvgIpc) is 3.50. The fraction of sp³-hybridized carbons (Fsp3) is 0.250. The number of nitrogens with zero attached hydrogens (tertiary/aromatic N) is 3. The van der Waals surface area contributed by atoms with Crippen molar-refractivity contribution in [3.63, 3.8) is 0 Å². The van der Waals surface area contributed by atoms with E-state index in [-0.39, 0.29) is 6.61 Å². The van der Waals surface area contributed by atoms with E-state index in [1.807, 2.05) is 43.5 Å². The van der Waals surface area contributed by atoms with Gasteiger partial charge in [-0.1, -0.05) is 52.3 Å². The number of rotatable bonds is 7. The van der Waals surface area contributed by atoms with Crippen LogP contribution in [0.25, 0.3) is 33.3 Å². The number of fused-ring (bicyclic) bond motifs is 5. The van der Waals surface area contributed by atoms with Gasteiger partial charge in [0.1, 0.15) is 5.60 Å². The van der Waals surface area contributed by atoms with Gasteiger partial charge in [-0.25, -0.2) is 4.98 Å². The molecule has 1 aliphatic carbocycles. The zero-order valence-electron chi connectivity index (χ0n) is 22.4. The number of methoxy groups -OCH3 is 1. The van der Waals surface area contributed by atoms with Crippen molar-refractivity contribution in [2.45, 2.75) is 39.0 Å². The Bertz CT molecular complexity index is 1710. The topological polar surface area (TPSA) is 69.4 Å². The maximum absolute atomic E-state index is 11.0. The molecule has 0 aliphatic heterocycles. The van der Waals surface area contributed by atoms with Crippen LogP contribution in [-0.4, -0.2) is 39.7 Å². The zero-order chi connectivity index (χ0) is 27.3. The van der Waals surface area contributed by atoms with Crippen molar-refractivity contribution >= 4 is 26.8 Å². The minimum absolute atomic E-state index is 0.114. The lowest BCUT2D eigenvalue weighted by atomic mass is 9.93. The first-order valence-electron chi connectivity index (χ1n) is 13.0. The molecule has 0 amide bonds. The SMILES string of the molecule is COc1nc2ccc(Br)cc2c2c1C(C)(OCC(O)Cn1ccc(-c3ccc(C)c(C)c3)n1)c1ccccc1-2. The highest BCUT2D eigenvalue weighted by molar-refractivity contribution is 9.10. The Balaban J connectivity index is 1.29. The van der Waals surface area contributed by atoms with Crippen LogP contribution in [0.3, 0.4) is 0 Å². The lowest BCUT2D eigenvalue weighted by Gasteiger charge is -2.30. The third-order valence-corrected chi connectivity index (χ3v) is 8.19. The molecule has 2 atom stereocenters. The summed E-state index contributed by atoms with van der Waals surface area (Å²) in [6, 6.07) is 22.6. The highest BCUT2D eigenvalue weighted by Crippen LogP contribution is 2.55. The highest BCUT2D eigenvalue weighted by Gasteiger charge is 2.45. The second-order valence-electron chi connectivity index (χ2n) is 10.3. The molecule has 0 radical (unpaired) electrons. The van der Waals surface area contributed by atoms with E-state index < -0.39 is 11.7 Å². The van der Waals surface area contributed by atoms with Gasteiger partial charge in [-0.05, 0) is 73.4 Å². The smallest absolute Gasteiger partial charge is 0.220 e. The summed E-state index contributed by atoms with van der Waals surface area (Å²) in [6.45, 7) is 6.66. The Morgan fingerprint density at radius 1 is 1.03 bits per heavy atom. The number of aromatic nitrogens is 3. The van der Waals surface area contributed by atoms with Gasteiger partial charge in [0, 0.05) is 27.2 Å². The molecule has 198 valence electrons. The monoisotopic (exact) mass is 583 g/mol. The molecule has 7 heteroatoms. The molecule has 1 aliphatic rings. The molecule has 2 aromatic heterocycles. The molecule has 6 rings (SSSR count). The number of aliphatic hydroxyl groups excluding tert-OH is 1. The average molecular weight is 585 g/mol. The maximum atomic E-state index is 11.0. The van der Waals surface area contributed by atoms with Crippen molar-refractivity contribution in [3.05, 3.63) is 99.7 Å². The van der Waals surface area contributed by atoms with Crippen molar-refractivity contribution in [3.8, 4) is 28.3 Å². The molecule has 0 fully saturated rings. The summed E-state index contributed by atoms with van der Waals surface area (Å²) in [5.74, 6) is 0.526. The minimum atomic E-state index is -0.851. The van der Waals surface area contributed by atoms with Gasteiger partial charge in [0.05, 0.1) is 43.1 Å². The van der Waals surface area contributed by atoms with Crippen LogP contribution in [0.4, 0.5) is 0 Å². The molecule has 0 spiro atoms. The fourth-order valence-corrected chi connectivity index (χ4v) is 5.90. The summed E-state index contributed by atoms with van der Waals surface area (Å²) in [7, 11) is 1.64. The molecule has 0 saturated heterocycles. The van der Waals surface area contributed by atoms with E-state index in [1.165, 1.54) is 11.1 Å². The van der Waals surface area contributed by atoms with Crippen LogP contribution in [0.5, 0.6) is 5.88 Å². The second kappa shape index (κ2) is 9.90. The first kappa shape index (κ1) is 25.7. The van der Waals surface area contributed by atoms with Crippen LogP contribution in [0, 0.1) is 13.8 Å². The number of aliphatic hydroxyl groups is 1. The summed E-state index contributed by atoms with van der Waals surface area (Å²) in [4.78, 5) is 4.82. The third kappa shape index (κ3) is 4.44. The lowest BCUT2D eigenvalue weighted by Crippen LogP contribution is -2.32. The molecule has 6 nitrogen and oxygen atoms in total. The molecule has 2 unspecified atom stereocenters. The zero-order valence-corrected chi connectivity index (χ0v) is 24.0. The Kier molecular flexibility index (Phi) is 6.53. The van der Waals surface area contributed by atoms with Gasteiger partial charge >= 0.3 is 0 Å². The predicted octanol–water partition coefficient (Wildman–Crippen LogP) is 6.81. The summed E-state index contributed by atoms with van der Waals surface area (Å²) >= 11 is 3.62. The third-order valence-electron chi connectivity index (χ3n) is 7.70. The first-order chi connectivity index (χ1) is 18.8. The largest absolute Gasteiger partial charge is 0.481 e. The molecular weight excluding hydrogens is 554 g/mol. The summed E-state index contributed by atoms with van der Waals surface area (Å²) in [5, 5.41) is 16.8. The molecule has 39 heavy (non-hydrogen) atoms. The van der Waals surface area contributed by atoms with E-state index in [4.69, 9.17) is 19.6 Å². The molecule has 0 saturated carbocycles. The van der Waals surface area contributed by atoms with Gasteiger partial charge in [0.2, 0.25) is 5.88 Å². The van der Waals surface area contributed by atoms with Crippen molar-refractivity contribution in [2.75, 3.05) is 13.7 Å². The van der Waals surface area contributed by atoms with Gasteiger partial charge in [-0.3, -0.25) is 4.68 Å². The van der Waals surface area contributed by atoms with Gasteiger partial charge in [0.25, 0.3) is 0 Å². The molecular formula is C32H30BrN3O3. The van der Waals surface area contributed by atoms with E-state index in [2.05, 4.69) is 66.2 Å². The van der Waals surface area contributed by atoms with Crippen LogP contribution in [0.15, 0.2) is 77.4 Å². The van der Waals surface area contributed by atoms with Crippen molar-refractivity contribution in [1.29, 1.82) is 0 Å². The Labute approximate surface area is 236 Å². The molecule has 2 heterocycles. The van der Waals surface area contributed by atoms with E-state index in [9.17, 15) is 5.11 Å². The minimum Gasteiger partial charge on any atom is -0.481 e. The van der Waals surface area contributed by atoms with Crippen LogP contribution in [0.2, 0.25) is 0 Å². The molecule has 1 N–H and O–H groups in total. The number of pyridine rings is 1. The number of benzene rings is 3. The molecule has 3 aromatic carbocycles. The van der Waals surface area contributed by atoms with E-state index in [0.29, 0.717) is 12.4 Å². The van der Waals surface area contributed by atoms with E-state index in [1.54, 1.807) is 11.8 Å².